The Hall–Kier alpha value is -0.850. The van der Waals surface area contributed by atoms with Crippen LogP contribution in [0.25, 0.3) is 0 Å². The van der Waals surface area contributed by atoms with Crippen LogP contribution >= 0.6 is 11.6 Å². The lowest BCUT2D eigenvalue weighted by atomic mass is 10.1. The van der Waals surface area contributed by atoms with E-state index in [9.17, 15) is 8.42 Å². The molecule has 0 radical (unpaired) electrons. The molecule has 0 saturated carbocycles. The maximum atomic E-state index is 11.2. The summed E-state index contributed by atoms with van der Waals surface area (Å²) < 4.78 is 22.4. The van der Waals surface area contributed by atoms with Crippen molar-refractivity contribution in [2.45, 2.75) is 32.9 Å². The first kappa shape index (κ1) is 18.2. The molecule has 0 aliphatic rings. The Balaban J connectivity index is 2.80. The zero-order valence-electron chi connectivity index (χ0n) is 13.3. The standard InChI is InChI=1S/C14H24ClN3O2S/c1-14(2,3)16-10-12-11(15)6-7-13(17-12)18(4)8-9-21(5,19)20/h6-7,16H,8-10H2,1-5H3. The van der Waals surface area contributed by atoms with Crippen LogP contribution < -0.4 is 10.2 Å². The van der Waals surface area contributed by atoms with Crippen molar-refractivity contribution in [2.24, 2.45) is 0 Å². The first-order valence-electron chi connectivity index (χ1n) is 6.77. The van der Waals surface area contributed by atoms with Gasteiger partial charge in [-0.2, -0.15) is 0 Å². The molecule has 1 N–H and O–H groups in total. The number of halogens is 1. The molecule has 0 amide bonds. The number of pyridine rings is 1. The van der Waals surface area contributed by atoms with Crippen LogP contribution in [-0.4, -0.2) is 44.5 Å². The van der Waals surface area contributed by atoms with Crippen LogP contribution in [0.4, 0.5) is 5.82 Å². The van der Waals surface area contributed by atoms with Crippen LogP contribution in [-0.2, 0) is 16.4 Å². The molecule has 5 nitrogen and oxygen atoms in total. The van der Waals surface area contributed by atoms with E-state index in [0.717, 1.165) is 5.69 Å². The Morgan fingerprint density at radius 1 is 1.33 bits per heavy atom. The lowest BCUT2D eigenvalue weighted by Crippen LogP contribution is -2.35. The van der Waals surface area contributed by atoms with E-state index in [4.69, 9.17) is 11.6 Å². The second kappa shape index (κ2) is 6.94. The summed E-state index contributed by atoms with van der Waals surface area (Å²) in [7, 11) is -1.16. The summed E-state index contributed by atoms with van der Waals surface area (Å²) in [6, 6.07) is 3.59. The monoisotopic (exact) mass is 333 g/mol. The molecule has 1 aromatic heterocycles. The maximum absolute atomic E-state index is 11.2. The van der Waals surface area contributed by atoms with Gasteiger partial charge in [0.25, 0.3) is 0 Å². The summed E-state index contributed by atoms with van der Waals surface area (Å²) >= 11 is 6.16. The van der Waals surface area contributed by atoms with Crippen molar-refractivity contribution in [3.05, 3.63) is 22.8 Å². The van der Waals surface area contributed by atoms with Gasteiger partial charge in [0.1, 0.15) is 15.7 Å². The molecule has 1 heterocycles. The van der Waals surface area contributed by atoms with E-state index in [1.807, 2.05) is 11.9 Å². The van der Waals surface area contributed by atoms with Gasteiger partial charge in [0.15, 0.2) is 0 Å². The summed E-state index contributed by atoms with van der Waals surface area (Å²) in [5.74, 6) is 0.817. The van der Waals surface area contributed by atoms with Crippen molar-refractivity contribution < 1.29 is 8.42 Å². The molecule has 21 heavy (non-hydrogen) atoms. The first-order valence-corrected chi connectivity index (χ1v) is 9.21. The van der Waals surface area contributed by atoms with E-state index in [-0.39, 0.29) is 11.3 Å². The van der Waals surface area contributed by atoms with Gasteiger partial charge in [-0.25, -0.2) is 13.4 Å². The number of nitrogens with one attached hydrogen (secondary N) is 1. The zero-order valence-corrected chi connectivity index (χ0v) is 14.8. The van der Waals surface area contributed by atoms with Crippen molar-refractivity contribution in [1.82, 2.24) is 10.3 Å². The third-order valence-corrected chi connectivity index (χ3v) is 4.15. The minimum Gasteiger partial charge on any atom is -0.359 e. The SMILES string of the molecule is CN(CCS(C)(=O)=O)c1ccc(Cl)c(CNC(C)(C)C)n1. The van der Waals surface area contributed by atoms with Crippen molar-refractivity contribution in [3.8, 4) is 0 Å². The van der Waals surface area contributed by atoms with Crippen LogP contribution in [0, 0.1) is 0 Å². The molecule has 0 aliphatic carbocycles. The molecule has 1 aromatic rings. The van der Waals surface area contributed by atoms with Gasteiger partial charge in [-0.3, -0.25) is 0 Å². The van der Waals surface area contributed by atoms with Crippen molar-refractivity contribution in [2.75, 3.05) is 30.5 Å². The van der Waals surface area contributed by atoms with E-state index in [1.165, 1.54) is 6.26 Å². The van der Waals surface area contributed by atoms with Crippen molar-refractivity contribution in [1.29, 1.82) is 0 Å². The Labute approximate surface area is 132 Å². The highest BCUT2D eigenvalue weighted by Gasteiger charge is 2.13. The molecule has 0 saturated heterocycles. The van der Waals surface area contributed by atoms with Gasteiger partial charge in [0, 0.05) is 31.9 Å². The molecular formula is C14H24ClN3O2S. The molecule has 0 aliphatic heterocycles. The number of sulfone groups is 1. The van der Waals surface area contributed by atoms with E-state index in [1.54, 1.807) is 12.1 Å². The number of nitrogens with zero attached hydrogens (tertiary/aromatic N) is 2. The Kier molecular flexibility index (Phi) is 6.01. The van der Waals surface area contributed by atoms with Gasteiger partial charge >= 0.3 is 0 Å². The quantitative estimate of drug-likeness (QED) is 0.863. The number of hydrogen-bond acceptors (Lipinski definition) is 5. The van der Waals surface area contributed by atoms with Crippen LogP contribution in [0.3, 0.4) is 0 Å². The zero-order chi connectivity index (χ0) is 16.3. The van der Waals surface area contributed by atoms with Crippen LogP contribution in [0.5, 0.6) is 0 Å². The number of aromatic nitrogens is 1. The molecule has 0 fully saturated rings. The predicted octanol–water partition coefficient (Wildman–Crippen LogP) is 2.10. The predicted molar refractivity (Wildman–Crippen MR) is 88.8 cm³/mol. The molecule has 0 spiro atoms. The maximum Gasteiger partial charge on any atom is 0.149 e. The molecule has 1 rings (SSSR count). The summed E-state index contributed by atoms with van der Waals surface area (Å²) in [6.07, 6.45) is 1.23. The average molecular weight is 334 g/mol. The fourth-order valence-electron chi connectivity index (χ4n) is 1.58. The smallest absolute Gasteiger partial charge is 0.149 e. The highest BCUT2D eigenvalue weighted by Crippen LogP contribution is 2.19. The summed E-state index contributed by atoms with van der Waals surface area (Å²) in [4.78, 5) is 6.33. The molecule has 0 aromatic carbocycles. The minimum absolute atomic E-state index is 0.0246. The minimum atomic E-state index is -2.98. The largest absolute Gasteiger partial charge is 0.359 e. The van der Waals surface area contributed by atoms with Gasteiger partial charge in [-0.05, 0) is 32.9 Å². The molecule has 120 valence electrons. The highest BCUT2D eigenvalue weighted by molar-refractivity contribution is 7.90. The first-order chi connectivity index (χ1) is 9.48. The van der Waals surface area contributed by atoms with Gasteiger partial charge in [0.2, 0.25) is 0 Å². The third kappa shape index (κ3) is 7.11. The molecular weight excluding hydrogens is 310 g/mol. The fraction of sp³-hybridized carbons (Fsp3) is 0.643. The normalized spacial score (nSPS) is 12.5. The fourth-order valence-corrected chi connectivity index (χ4v) is 2.35. The van der Waals surface area contributed by atoms with Gasteiger partial charge in [0.05, 0.1) is 16.5 Å². The van der Waals surface area contributed by atoms with E-state index in [0.29, 0.717) is 23.9 Å². The Bertz CT molecular complexity index is 582. The summed E-state index contributed by atoms with van der Waals surface area (Å²) in [6.45, 7) is 7.19. The number of anilines is 1. The highest BCUT2D eigenvalue weighted by atomic mass is 35.5. The Morgan fingerprint density at radius 2 is 1.95 bits per heavy atom. The van der Waals surface area contributed by atoms with Crippen LogP contribution in [0.2, 0.25) is 5.02 Å². The third-order valence-electron chi connectivity index (χ3n) is 2.88. The van der Waals surface area contributed by atoms with E-state index in [2.05, 4.69) is 31.1 Å². The van der Waals surface area contributed by atoms with Gasteiger partial charge < -0.3 is 10.2 Å². The Morgan fingerprint density at radius 3 is 2.48 bits per heavy atom. The summed E-state index contributed by atoms with van der Waals surface area (Å²) in [5.41, 5.74) is 0.735. The second-order valence-electron chi connectivity index (χ2n) is 6.25. The van der Waals surface area contributed by atoms with Gasteiger partial charge in [-0.15, -0.1) is 0 Å². The molecule has 7 heteroatoms. The molecule has 0 atom stereocenters. The topological polar surface area (TPSA) is 62.3 Å². The summed E-state index contributed by atoms with van der Waals surface area (Å²) in [5, 5.41) is 3.94. The second-order valence-corrected chi connectivity index (χ2v) is 8.92. The lowest BCUT2D eigenvalue weighted by molar-refractivity contribution is 0.421. The number of rotatable bonds is 6. The van der Waals surface area contributed by atoms with E-state index >= 15 is 0 Å². The van der Waals surface area contributed by atoms with Crippen molar-refractivity contribution >= 4 is 27.3 Å². The van der Waals surface area contributed by atoms with Crippen LogP contribution in [0.15, 0.2) is 12.1 Å². The van der Waals surface area contributed by atoms with Crippen molar-refractivity contribution in [3.63, 3.8) is 0 Å². The average Bonchev–Trinajstić information content (AvgIpc) is 2.33. The van der Waals surface area contributed by atoms with Crippen LogP contribution in [0.1, 0.15) is 26.5 Å². The lowest BCUT2D eigenvalue weighted by Gasteiger charge is -2.22. The molecule has 0 unspecified atom stereocenters. The van der Waals surface area contributed by atoms with Gasteiger partial charge in [-0.1, -0.05) is 11.6 Å². The van der Waals surface area contributed by atoms with E-state index < -0.39 is 9.84 Å². The number of hydrogen-bond donors (Lipinski definition) is 1. The molecule has 0 bridgehead atoms.